The van der Waals surface area contributed by atoms with Gasteiger partial charge in [-0.1, -0.05) is 36.4 Å². The van der Waals surface area contributed by atoms with Gasteiger partial charge in [0.25, 0.3) is 0 Å². The second kappa shape index (κ2) is 6.32. The van der Waals surface area contributed by atoms with Crippen molar-refractivity contribution in [2.45, 2.75) is 38.1 Å². The lowest BCUT2D eigenvalue weighted by molar-refractivity contribution is -0.151. The number of carbonyl (C=O) groups excluding carboxylic acids is 2. The number of rotatable bonds is 5. The molecule has 0 saturated carbocycles. The summed E-state index contributed by atoms with van der Waals surface area (Å²) in [6.07, 6.45) is 4.99. The molecule has 1 atom stereocenters. The van der Waals surface area contributed by atoms with Crippen LogP contribution in [0.25, 0.3) is 0 Å². The predicted octanol–water partition coefficient (Wildman–Crippen LogP) is 3.23. The lowest BCUT2D eigenvalue weighted by Crippen LogP contribution is -2.42. The number of allylic oxidation sites excluding steroid dienone is 1. The fourth-order valence-corrected chi connectivity index (χ4v) is 2.51. The van der Waals surface area contributed by atoms with Crippen molar-refractivity contribution in [1.82, 2.24) is 4.90 Å². The van der Waals surface area contributed by atoms with E-state index in [1.54, 1.807) is 0 Å². The minimum Gasteiger partial charge on any atom is -0.275 e. The smallest absolute Gasteiger partial charge is 0.229 e. The second-order valence-corrected chi connectivity index (χ2v) is 4.80. The fourth-order valence-electron chi connectivity index (χ4n) is 2.51. The number of hydrogen-bond donors (Lipinski definition) is 0. The molecule has 1 aliphatic heterocycles. The van der Waals surface area contributed by atoms with E-state index in [1.165, 1.54) is 4.90 Å². The molecule has 1 heterocycles. The quantitative estimate of drug-likeness (QED) is 0.600. The van der Waals surface area contributed by atoms with Gasteiger partial charge in [-0.3, -0.25) is 14.5 Å². The van der Waals surface area contributed by atoms with Gasteiger partial charge in [-0.15, -0.1) is 6.58 Å². The van der Waals surface area contributed by atoms with E-state index in [0.717, 1.165) is 18.4 Å². The Morgan fingerprint density at radius 2 is 1.79 bits per heavy atom. The highest BCUT2D eigenvalue weighted by molar-refractivity contribution is 5.98. The number of imide groups is 1. The van der Waals surface area contributed by atoms with Crippen LogP contribution < -0.4 is 0 Å². The highest BCUT2D eigenvalue weighted by Gasteiger charge is 2.32. The van der Waals surface area contributed by atoms with E-state index in [4.69, 9.17) is 0 Å². The van der Waals surface area contributed by atoms with Crippen LogP contribution in [-0.4, -0.2) is 16.7 Å². The Bertz CT molecular complexity index is 451. The average molecular weight is 257 g/mol. The first kappa shape index (κ1) is 13.5. The Balaban J connectivity index is 2.28. The molecular weight excluding hydrogens is 238 g/mol. The first-order valence-electron chi connectivity index (χ1n) is 6.74. The Hall–Kier alpha value is -1.90. The third kappa shape index (κ3) is 3.11. The van der Waals surface area contributed by atoms with E-state index < -0.39 is 0 Å². The number of piperidine rings is 1. The van der Waals surface area contributed by atoms with Gasteiger partial charge in [-0.2, -0.15) is 0 Å². The van der Waals surface area contributed by atoms with E-state index in [9.17, 15) is 9.59 Å². The van der Waals surface area contributed by atoms with Crippen LogP contribution >= 0.6 is 0 Å². The van der Waals surface area contributed by atoms with Crippen LogP contribution in [0, 0.1) is 0 Å². The molecule has 100 valence electrons. The third-order valence-corrected chi connectivity index (χ3v) is 3.46. The molecule has 1 unspecified atom stereocenters. The molecule has 19 heavy (non-hydrogen) atoms. The molecule has 1 aromatic carbocycles. The molecular formula is C16H19NO2. The van der Waals surface area contributed by atoms with Gasteiger partial charge >= 0.3 is 0 Å². The molecule has 1 fully saturated rings. The van der Waals surface area contributed by atoms with Crippen LogP contribution in [0.5, 0.6) is 0 Å². The number of carbonyl (C=O) groups is 2. The molecule has 2 amide bonds. The summed E-state index contributed by atoms with van der Waals surface area (Å²) < 4.78 is 0. The van der Waals surface area contributed by atoms with Gasteiger partial charge < -0.3 is 0 Å². The van der Waals surface area contributed by atoms with Crippen LogP contribution in [0.1, 0.15) is 43.7 Å². The van der Waals surface area contributed by atoms with Gasteiger partial charge in [-0.05, 0) is 24.8 Å². The molecule has 0 spiro atoms. The van der Waals surface area contributed by atoms with Gasteiger partial charge in [0.05, 0.1) is 6.04 Å². The molecule has 0 aliphatic carbocycles. The van der Waals surface area contributed by atoms with Crippen LogP contribution in [0.15, 0.2) is 43.0 Å². The largest absolute Gasteiger partial charge is 0.275 e. The molecule has 1 aromatic rings. The zero-order chi connectivity index (χ0) is 13.7. The Kier molecular flexibility index (Phi) is 4.50. The fraction of sp³-hybridized carbons (Fsp3) is 0.375. The SMILES string of the molecule is C=CCCC(c1ccccc1)N1C(=O)CCCC1=O. The van der Waals surface area contributed by atoms with Gasteiger partial charge in [0.15, 0.2) is 0 Å². The molecule has 0 N–H and O–H groups in total. The molecule has 0 radical (unpaired) electrons. The second-order valence-electron chi connectivity index (χ2n) is 4.80. The monoisotopic (exact) mass is 257 g/mol. The Morgan fingerprint density at radius 1 is 1.16 bits per heavy atom. The van der Waals surface area contributed by atoms with Crippen molar-refractivity contribution >= 4 is 11.8 Å². The normalized spacial score (nSPS) is 17.4. The van der Waals surface area contributed by atoms with Crippen molar-refractivity contribution in [3.63, 3.8) is 0 Å². The summed E-state index contributed by atoms with van der Waals surface area (Å²) in [5.74, 6) is -0.0941. The average Bonchev–Trinajstić information content (AvgIpc) is 2.43. The summed E-state index contributed by atoms with van der Waals surface area (Å²) in [7, 11) is 0. The summed E-state index contributed by atoms with van der Waals surface area (Å²) in [4.78, 5) is 25.6. The maximum absolute atomic E-state index is 12.1. The van der Waals surface area contributed by atoms with Crippen molar-refractivity contribution in [1.29, 1.82) is 0 Å². The number of hydrogen-bond acceptors (Lipinski definition) is 2. The van der Waals surface area contributed by atoms with Crippen molar-refractivity contribution in [2.24, 2.45) is 0 Å². The van der Waals surface area contributed by atoms with Gasteiger partial charge in [0, 0.05) is 12.8 Å². The third-order valence-electron chi connectivity index (χ3n) is 3.46. The number of likely N-dealkylation sites (tertiary alicyclic amines) is 1. The van der Waals surface area contributed by atoms with Crippen LogP contribution in [0.2, 0.25) is 0 Å². The molecule has 2 rings (SSSR count). The van der Waals surface area contributed by atoms with Gasteiger partial charge in [-0.25, -0.2) is 0 Å². The Labute approximate surface area is 113 Å². The summed E-state index contributed by atoms with van der Waals surface area (Å²) in [5, 5.41) is 0. The van der Waals surface area contributed by atoms with E-state index in [1.807, 2.05) is 36.4 Å². The Morgan fingerprint density at radius 3 is 2.37 bits per heavy atom. The van der Waals surface area contributed by atoms with E-state index >= 15 is 0 Å². The molecule has 0 bridgehead atoms. The summed E-state index contributed by atoms with van der Waals surface area (Å²) in [5.41, 5.74) is 1.02. The minimum absolute atomic E-state index is 0.0471. The maximum Gasteiger partial charge on any atom is 0.229 e. The van der Waals surface area contributed by atoms with Crippen LogP contribution in [0.3, 0.4) is 0 Å². The summed E-state index contributed by atoms with van der Waals surface area (Å²) in [6, 6.07) is 9.61. The van der Waals surface area contributed by atoms with Gasteiger partial charge in [0.2, 0.25) is 11.8 Å². The zero-order valence-corrected chi connectivity index (χ0v) is 11.0. The lowest BCUT2D eigenvalue weighted by atomic mass is 9.97. The number of amides is 2. The standard InChI is InChI=1S/C16H19NO2/c1-2-3-10-14(13-8-5-4-6-9-13)17-15(18)11-7-12-16(17)19/h2,4-6,8-9,14H,1,3,7,10-12H2. The van der Waals surface area contributed by atoms with Crippen molar-refractivity contribution in [3.8, 4) is 0 Å². The molecule has 3 heteroatoms. The van der Waals surface area contributed by atoms with E-state index in [-0.39, 0.29) is 17.9 Å². The minimum atomic E-state index is -0.153. The van der Waals surface area contributed by atoms with E-state index in [2.05, 4.69) is 6.58 Å². The highest BCUT2D eigenvalue weighted by Crippen LogP contribution is 2.30. The summed E-state index contributed by atoms with van der Waals surface area (Å²) >= 11 is 0. The van der Waals surface area contributed by atoms with Crippen molar-refractivity contribution in [3.05, 3.63) is 48.6 Å². The molecule has 1 aliphatic rings. The highest BCUT2D eigenvalue weighted by atomic mass is 16.2. The van der Waals surface area contributed by atoms with Crippen LogP contribution in [-0.2, 0) is 9.59 Å². The van der Waals surface area contributed by atoms with Crippen molar-refractivity contribution < 1.29 is 9.59 Å². The zero-order valence-electron chi connectivity index (χ0n) is 11.0. The maximum atomic E-state index is 12.1. The molecule has 0 aromatic heterocycles. The summed E-state index contributed by atoms with van der Waals surface area (Å²) in [6.45, 7) is 3.72. The first-order chi connectivity index (χ1) is 9.24. The van der Waals surface area contributed by atoms with Crippen LogP contribution in [0.4, 0.5) is 0 Å². The van der Waals surface area contributed by atoms with Crippen molar-refractivity contribution in [2.75, 3.05) is 0 Å². The lowest BCUT2D eigenvalue weighted by Gasteiger charge is -2.33. The molecule has 1 saturated heterocycles. The van der Waals surface area contributed by atoms with Gasteiger partial charge in [0.1, 0.15) is 0 Å². The van der Waals surface area contributed by atoms with E-state index in [0.29, 0.717) is 19.3 Å². The number of nitrogens with zero attached hydrogens (tertiary/aromatic N) is 1. The number of benzene rings is 1. The molecule has 3 nitrogen and oxygen atoms in total. The first-order valence-corrected chi connectivity index (χ1v) is 6.74. The predicted molar refractivity (Wildman–Crippen MR) is 74.3 cm³/mol. The topological polar surface area (TPSA) is 37.4 Å².